The molecule has 1 aromatic carbocycles. The highest BCUT2D eigenvalue weighted by atomic mass is 35.5. The largest absolute Gasteiger partial charge is 0.383 e. The van der Waals surface area contributed by atoms with Crippen molar-refractivity contribution < 1.29 is 27.5 Å². The molecule has 0 unspecified atom stereocenters. The number of piperazine rings is 1. The first kappa shape index (κ1) is 33.8. The van der Waals surface area contributed by atoms with Crippen LogP contribution >= 0.6 is 24.8 Å². The van der Waals surface area contributed by atoms with Gasteiger partial charge >= 0.3 is 0 Å². The number of benzene rings is 1. The molecular formula is C24H41Cl2FN4O5S. The van der Waals surface area contributed by atoms with Gasteiger partial charge in [0.25, 0.3) is 5.91 Å². The molecule has 2 heterocycles. The fourth-order valence-corrected chi connectivity index (χ4v) is 7.11. The van der Waals surface area contributed by atoms with E-state index in [2.05, 4.69) is 11.8 Å². The summed E-state index contributed by atoms with van der Waals surface area (Å²) in [5.41, 5.74) is 3.04. The standard InChI is InChI=1S/C24H39FN4O5S.2ClH/c1-3-4-5-6-20-7-8-21(19-22(20)25)28-13-15-29(16-14-28)35(32,33)24(23(30)26-31)9-11-27(12-10-24)17-18-34-2;;/h7-8,19,31H,3-6,9-18H2,1-2H3,(H,26,30);2*1H. The second-order valence-electron chi connectivity index (χ2n) is 9.39. The van der Waals surface area contributed by atoms with Crippen LogP contribution in [0.1, 0.15) is 44.6 Å². The number of piperidine rings is 1. The van der Waals surface area contributed by atoms with Crippen molar-refractivity contribution in [1.82, 2.24) is 14.7 Å². The molecule has 0 aliphatic carbocycles. The predicted octanol–water partition coefficient (Wildman–Crippen LogP) is 2.84. The molecule has 37 heavy (non-hydrogen) atoms. The molecule has 0 atom stereocenters. The second-order valence-corrected chi connectivity index (χ2v) is 11.6. The van der Waals surface area contributed by atoms with Crippen LogP contribution in [0.2, 0.25) is 0 Å². The Morgan fingerprint density at radius 1 is 1.11 bits per heavy atom. The molecular weight excluding hydrogens is 546 g/mol. The summed E-state index contributed by atoms with van der Waals surface area (Å²) in [5.74, 6) is -1.11. The number of nitrogens with zero attached hydrogens (tertiary/aromatic N) is 3. The van der Waals surface area contributed by atoms with E-state index in [4.69, 9.17) is 4.74 Å². The number of hydroxylamine groups is 1. The lowest BCUT2D eigenvalue weighted by atomic mass is 9.95. The molecule has 214 valence electrons. The van der Waals surface area contributed by atoms with Crippen molar-refractivity contribution in [3.63, 3.8) is 0 Å². The number of methoxy groups -OCH3 is 1. The number of anilines is 1. The van der Waals surface area contributed by atoms with E-state index in [-0.39, 0.29) is 56.6 Å². The van der Waals surface area contributed by atoms with E-state index >= 15 is 0 Å². The van der Waals surface area contributed by atoms with Crippen molar-refractivity contribution >= 4 is 46.4 Å². The summed E-state index contributed by atoms with van der Waals surface area (Å²) in [6.07, 6.45) is 4.01. The molecule has 2 saturated heterocycles. The number of halogens is 3. The van der Waals surface area contributed by atoms with Gasteiger partial charge in [-0.15, -0.1) is 24.8 Å². The van der Waals surface area contributed by atoms with Gasteiger partial charge in [0.1, 0.15) is 5.82 Å². The van der Waals surface area contributed by atoms with Crippen molar-refractivity contribution in [3.8, 4) is 0 Å². The summed E-state index contributed by atoms with van der Waals surface area (Å²) < 4.78 is 46.7. The highest BCUT2D eigenvalue weighted by molar-refractivity contribution is 7.91. The van der Waals surface area contributed by atoms with Gasteiger partial charge in [0.05, 0.1) is 6.61 Å². The third-order valence-corrected chi connectivity index (χ3v) is 9.94. The molecule has 2 fully saturated rings. The number of likely N-dealkylation sites (tertiary alicyclic amines) is 1. The van der Waals surface area contributed by atoms with Crippen LogP contribution in [0.3, 0.4) is 0 Å². The highest BCUT2D eigenvalue weighted by Crippen LogP contribution is 2.34. The Kier molecular flexibility index (Phi) is 14.1. The highest BCUT2D eigenvalue weighted by Gasteiger charge is 2.55. The average Bonchev–Trinajstić information content (AvgIpc) is 2.88. The molecule has 9 nitrogen and oxygen atoms in total. The van der Waals surface area contributed by atoms with E-state index in [0.29, 0.717) is 51.3 Å². The Morgan fingerprint density at radius 2 is 1.76 bits per heavy atom. The molecule has 0 bridgehead atoms. The Labute approximate surface area is 232 Å². The number of amides is 1. The zero-order chi connectivity index (χ0) is 25.5. The number of sulfonamides is 1. The van der Waals surface area contributed by atoms with E-state index in [0.717, 1.165) is 24.9 Å². The van der Waals surface area contributed by atoms with Crippen molar-refractivity contribution in [2.45, 2.75) is 50.2 Å². The number of hydrogen-bond acceptors (Lipinski definition) is 7. The van der Waals surface area contributed by atoms with Crippen molar-refractivity contribution in [1.29, 1.82) is 0 Å². The summed E-state index contributed by atoms with van der Waals surface area (Å²) in [4.78, 5) is 16.7. The van der Waals surface area contributed by atoms with Gasteiger partial charge in [-0.3, -0.25) is 10.0 Å². The zero-order valence-corrected chi connectivity index (χ0v) is 24.1. The quantitative estimate of drug-likeness (QED) is 0.233. The first-order valence-corrected chi connectivity index (χ1v) is 13.9. The maximum atomic E-state index is 14.6. The van der Waals surface area contributed by atoms with Gasteiger partial charge < -0.3 is 14.5 Å². The van der Waals surface area contributed by atoms with Gasteiger partial charge in [0, 0.05) is 58.6 Å². The van der Waals surface area contributed by atoms with E-state index < -0.39 is 20.7 Å². The lowest BCUT2D eigenvalue weighted by Gasteiger charge is -2.44. The van der Waals surface area contributed by atoms with Gasteiger partial charge in [0.15, 0.2) is 4.75 Å². The minimum atomic E-state index is -4.03. The first-order chi connectivity index (χ1) is 16.8. The van der Waals surface area contributed by atoms with Crippen molar-refractivity contribution in [2.75, 3.05) is 64.4 Å². The van der Waals surface area contributed by atoms with Crippen LogP contribution in [0.4, 0.5) is 10.1 Å². The molecule has 1 aromatic rings. The second kappa shape index (κ2) is 15.4. The number of carbonyl (C=O) groups is 1. The summed E-state index contributed by atoms with van der Waals surface area (Å²) in [7, 11) is -2.43. The Morgan fingerprint density at radius 3 is 2.30 bits per heavy atom. The summed E-state index contributed by atoms with van der Waals surface area (Å²) in [6.45, 7) is 5.29. The number of rotatable bonds is 11. The van der Waals surface area contributed by atoms with Crippen LogP contribution in [0.5, 0.6) is 0 Å². The van der Waals surface area contributed by atoms with Crippen molar-refractivity contribution in [3.05, 3.63) is 29.6 Å². The van der Waals surface area contributed by atoms with E-state index in [1.165, 1.54) is 10.4 Å². The number of unbranched alkanes of at least 4 members (excludes halogenated alkanes) is 2. The van der Waals surface area contributed by atoms with Crippen LogP contribution in [0.25, 0.3) is 0 Å². The first-order valence-electron chi connectivity index (χ1n) is 12.5. The fourth-order valence-electron chi connectivity index (χ4n) is 5.00. The average molecular weight is 588 g/mol. The SMILES string of the molecule is CCCCCc1ccc(N2CCN(S(=O)(=O)C3(C(=O)NO)CCN(CCOC)CC3)CC2)cc1F.Cl.Cl. The smallest absolute Gasteiger partial charge is 0.266 e. The van der Waals surface area contributed by atoms with Crippen molar-refractivity contribution in [2.24, 2.45) is 0 Å². The van der Waals surface area contributed by atoms with E-state index in [9.17, 15) is 22.8 Å². The minimum Gasteiger partial charge on any atom is -0.383 e. The number of nitrogens with one attached hydrogen (secondary N) is 1. The monoisotopic (exact) mass is 586 g/mol. The van der Waals surface area contributed by atoms with Crippen LogP contribution in [0.15, 0.2) is 18.2 Å². The van der Waals surface area contributed by atoms with Gasteiger partial charge in [0.2, 0.25) is 10.0 Å². The topological polar surface area (TPSA) is 102 Å². The van der Waals surface area contributed by atoms with E-state index in [1.54, 1.807) is 12.6 Å². The van der Waals surface area contributed by atoms with Crippen LogP contribution in [-0.2, 0) is 26.0 Å². The maximum absolute atomic E-state index is 14.6. The number of ether oxygens (including phenoxy) is 1. The summed E-state index contributed by atoms with van der Waals surface area (Å²) >= 11 is 0. The molecule has 2 aliphatic heterocycles. The van der Waals surface area contributed by atoms with Gasteiger partial charge in [-0.05, 0) is 43.4 Å². The third-order valence-electron chi connectivity index (χ3n) is 7.31. The molecule has 0 saturated carbocycles. The molecule has 0 aromatic heterocycles. The number of aryl methyl sites for hydroxylation is 1. The van der Waals surface area contributed by atoms with E-state index in [1.807, 2.05) is 17.0 Å². The Hall–Kier alpha value is -1.21. The Balaban J connectivity index is 0.00000342. The Bertz CT molecular complexity index is 956. The molecule has 2 aliphatic rings. The van der Waals surface area contributed by atoms with Gasteiger partial charge in [-0.25, -0.2) is 18.3 Å². The van der Waals surface area contributed by atoms with Gasteiger partial charge in [-0.1, -0.05) is 25.8 Å². The van der Waals surface area contributed by atoms with Crippen LogP contribution in [0, 0.1) is 5.82 Å². The molecule has 2 N–H and O–H groups in total. The maximum Gasteiger partial charge on any atom is 0.266 e. The van der Waals surface area contributed by atoms with Crippen LogP contribution in [-0.4, -0.2) is 93.0 Å². The van der Waals surface area contributed by atoms with Gasteiger partial charge in [-0.2, -0.15) is 4.31 Å². The normalized spacial score (nSPS) is 18.5. The lowest BCUT2D eigenvalue weighted by Crippen LogP contribution is -2.63. The molecule has 13 heteroatoms. The molecule has 0 radical (unpaired) electrons. The fraction of sp³-hybridized carbons (Fsp3) is 0.708. The van der Waals surface area contributed by atoms with Crippen LogP contribution < -0.4 is 10.4 Å². The number of carbonyl (C=O) groups excluding carboxylic acids is 1. The lowest BCUT2D eigenvalue weighted by molar-refractivity contribution is -0.133. The zero-order valence-electron chi connectivity index (χ0n) is 21.7. The minimum absolute atomic E-state index is 0. The summed E-state index contributed by atoms with van der Waals surface area (Å²) in [5, 5.41) is 9.37. The third kappa shape index (κ3) is 7.68. The number of hydrogen-bond donors (Lipinski definition) is 2. The molecule has 1 amide bonds. The summed E-state index contributed by atoms with van der Waals surface area (Å²) in [6, 6.07) is 5.24. The predicted molar refractivity (Wildman–Crippen MR) is 147 cm³/mol. The molecule has 0 spiro atoms. The molecule has 3 rings (SSSR count).